The van der Waals surface area contributed by atoms with Gasteiger partial charge in [-0.1, -0.05) is 12.1 Å². The van der Waals surface area contributed by atoms with Gasteiger partial charge in [0.05, 0.1) is 7.11 Å². The molecule has 0 heterocycles. The van der Waals surface area contributed by atoms with E-state index in [-0.39, 0.29) is 11.6 Å². The molecule has 0 fully saturated rings. The number of rotatable bonds is 4. The highest BCUT2D eigenvalue weighted by molar-refractivity contribution is 5.41. The van der Waals surface area contributed by atoms with Gasteiger partial charge in [-0.25, -0.2) is 4.39 Å². The van der Waals surface area contributed by atoms with E-state index in [1.54, 1.807) is 18.2 Å². The molecule has 1 N–H and O–H groups in total. The lowest BCUT2D eigenvalue weighted by Crippen LogP contribution is -1.96. The molecule has 0 bridgehead atoms. The van der Waals surface area contributed by atoms with Gasteiger partial charge in [0, 0.05) is 18.2 Å². The first-order chi connectivity index (χ1) is 8.67. The standard InChI is InChI=1S/C14H13FO3/c1-17-13-6-12(16)7-14(8-13)18-9-10-2-4-11(15)5-3-10/h2-8,16H,9H2,1H3. The van der Waals surface area contributed by atoms with Gasteiger partial charge in [-0.3, -0.25) is 0 Å². The second kappa shape index (κ2) is 5.40. The number of phenolic OH excluding ortho intramolecular Hbond substituents is 1. The Morgan fingerprint density at radius 1 is 1.06 bits per heavy atom. The summed E-state index contributed by atoms with van der Waals surface area (Å²) in [4.78, 5) is 0. The highest BCUT2D eigenvalue weighted by Crippen LogP contribution is 2.27. The van der Waals surface area contributed by atoms with Crippen LogP contribution in [0.4, 0.5) is 4.39 Å². The van der Waals surface area contributed by atoms with Crippen molar-refractivity contribution in [3.8, 4) is 17.2 Å². The highest BCUT2D eigenvalue weighted by atomic mass is 19.1. The van der Waals surface area contributed by atoms with Gasteiger partial charge in [0.1, 0.15) is 29.7 Å². The van der Waals surface area contributed by atoms with Gasteiger partial charge in [0.15, 0.2) is 0 Å². The third kappa shape index (κ3) is 3.13. The highest BCUT2D eigenvalue weighted by Gasteiger charge is 2.02. The molecule has 0 unspecified atom stereocenters. The third-order valence-electron chi connectivity index (χ3n) is 2.42. The van der Waals surface area contributed by atoms with Crippen LogP contribution in [0.15, 0.2) is 42.5 Å². The molecule has 4 heteroatoms. The van der Waals surface area contributed by atoms with E-state index in [9.17, 15) is 9.50 Å². The Hall–Kier alpha value is -2.23. The van der Waals surface area contributed by atoms with Crippen LogP contribution in [-0.4, -0.2) is 12.2 Å². The number of benzene rings is 2. The van der Waals surface area contributed by atoms with Crippen LogP contribution in [0.5, 0.6) is 17.2 Å². The molecular formula is C14H13FO3. The van der Waals surface area contributed by atoms with Crippen molar-refractivity contribution in [1.82, 2.24) is 0 Å². The van der Waals surface area contributed by atoms with Crippen LogP contribution < -0.4 is 9.47 Å². The minimum Gasteiger partial charge on any atom is -0.508 e. The zero-order valence-electron chi connectivity index (χ0n) is 9.89. The smallest absolute Gasteiger partial charge is 0.127 e. The van der Waals surface area contributed by atoms with E-state index in [0.29, 0.717) is 18.1 Å². The Morgan fingerprint density at radius 2 is 1.72 bits per heavy atom. The Bertz CT molecular complexity index is 523. The van der Waals surface area contributed by atoms with E-state index < -0.39 is 0 Å². The van der Waals surface area contributed by atoms with Gasteiger partial charge < -0.3 is 14.6 Å². The fourth-order valence-corrected chi connectivity index (χ4v) is 1.51. The largest absolute Gasteiger partial charge is 0.508 e. The monoisotopic (exact) mass is 248 g/mol. The van der Waals surface area contributed by atoms with E-state index in [1.807, 2.05) is 0 Å². The van der Waals surface area contributed by atoms with Crippen LogP contribution in [0.3, 0.4) is 0 Å². The third-order valence-corrected chi connectivity index (χ3v) is 2.42. The number of hydrogen-bond acceptors (Lipinski definition) is 3. The lowest BCUT2D eigenvalue weighted by Gasteiger charge is -2.08. The van der Waals surface area contributed by atoms with Crippen molar-refractivity contribution in [2.75, 3.05) is 7.11 Å². The van der Waals surface area contributed by atoms with Crippen molar-refractivity contribution in [3.63, 3.8) is 0 Å². The maximum absolute atomic E-state index is 12.7. The fourth-order valence-electron chi connectivity index (χ4n) is 1.51. The normalized spacial score (nSPS) is 10.1. The molecule has 0 saturated heterocycles. The zero-order chi connectivity index (χ0) is 13.0. The van der Waals surface area contributed by atoms with Crippen molar-refractivity contribution in [2.45, 2.75) is 6.61 Å². The maximum atomic E-state index is 12.7. The minimum atomic E-state index is -0.280. The molecule has 18 heavy (non-hydrogen) atoms. The van der Waals surface area contributed by atoms with E-state index in [2.05, 4.69) is 0 Å². The van der Waals surface area contributed by atoms with E-state index in [1.165, 1.54) is 31.4 Å². The molecular weight excluding hydrogens is 235 g/mol. The molecule has 0 aliphatic rings. The summed E-state index contributed by atoms with van der Waals surface area (Å²) in [5, 5.41) is 9.45. The second-order valence-electron chi connectivity index (χ2n) is 3.78. The second-order valence-corrected chi connectivity index (χ2v) is 3.78. The topological polar surface area (TPSA) is 38.7 Å². The maximum Gasteiger partial charge on any atom is 0.127 e. The molecule has 3 nitrogen and oxygen atoms in total. The first-order valence-electron chi connectivity index (χ1n) is 5.42. The molecule has 2 rings (SSSR count). The van der Waals surface area contributed by atoms with Crippen LogP contribution in [0.25, 0.3) is 0 Å². The average molecular weight is 248 g/mol. The first kappa shape index (κ1) is 12.2. The van der Waals surface area contributed by atoms with Gasteiger partial charge >= 0.3 is 0 Å². The van der Waals surface area contributed by atoms with E-state index in [0.717, 1.165) is 5.56 Å². The molecule has 94 valence electrons. The molecule has 0 amide bonds. The predicted octanol–water partition coefficient (Wildman–Crippen LogP) is 3.12. The van der Waals surface area contributed by atoms with E-state index >= 15 is 0 Å². The summed E-state index contributed by atoms with van der Waals surface area (Å²) in [6.07, 6.45) is 0. The number of halogens is 1. The summed E-state index contributed by atoms with van der Waals surface area (Å²) in [6.45, 7) is 0.298. The average Bonchev–Trinajstić information content (AvgIpc) is 2.37. The lowest BCUT2D eigenvalue weighted by molar-refractivity contribution is 0.301. The summed E-state index contributed by atoms with van der Waals surface area (Å²) in [5.41, 5.74) is 0.846. The Labute approximate surface area is 104 Å². The van der Waals surface area contributed by atoms with Crippen molar-refractivity contribution in [2.24, 2.45) is 0 Å². The van der Waals surface area contributed by atoms with Gasteiger partial charge in [-0.05, 0) is 17.7 Å². The molecule has 2 aromatic carbocycles. The molecule has 0 atom stereocenters. The SMILES string of the molecule is COc1cc(O)cc(OCc2ccc(F)cc2)c1. The van der Waals surface area contributed by atoms with Crippen molar-refractivity contribution >= 4 is 0 Å². The summed E-state index contributed by atoms with van der Waals surface area (Å²) in [7, 11) is 1.51. The summed E-state index contributed by atoms with van der Waals surface area (Å²) in [6, 6.07) is 10.7. The Kier molecular flexibility index (Phi) is 3.67. The molecule has 0 radical (unpaired) electrons. The van der Waals surface area contributed by atoms with Gasteiger partial charge in [-0.2, -0.15) is 0 Å². The van der Waals surface area contributed by atoms with Crippen molar-refractivity contribution < 1.29 is 19.0 Å². The van der Waals surface area contributed by atoms with Gasteiger partial charge in [0.2, 0.25) is 0 Å². The number of methoxy groups -OCH3 is 1. The fraction of sp³-hybridized carbons (Fsp3) is 0.143. The Morgan fingerprint density at radius 3 is 2.39 bits per heavy atom. The predicted molar refractivity (Wildman–Crippen MR) is 65.4 cm³/mol. The van der Waals surface area contributed by atoms with E-state index in [4.69, 9.17) is 9.47 Å². The first-order valence-corrected chi connectivity index (χ1v) is 5.42. The number of hydrogen-bond donors (Lipinski definition) is 1. The summed E-state index contributed by atoms with van der Waals surface area (Å²) < 4.78 is 23.2. The number of aromatic hydroxyl groups is 1. The zero-order valence-corrected chi connectivity index (χ0v) is 9.89. The summed E-state index contributed by atoms with van der Waals surface area (Å²) in [5.74, 6) is 0.807. The molecule has 0 aliphatic heterocycles. The molecule has 0 aromatic heterocycles. The van der Waals surface area contributed by atoms with Crippen LogP contribution in [0, 0.1) is 5.82 Å². The molecule has 0 aliphatic carbocycles. The van der Waals surface area contributed by atoms with Gasteiger partial charge in [0.25, 0.3) is 0 Å². The van der Waals surface area contributed by atoms with Crippen LogP contribution in [0.1, 0.15) is 5.56 Å². The number of ether oxygens (including phenoxy) is 2. The summed E-state index contributed by atoms with van der Waals surface area (Å²) >= 11 is 0. The van der Waals surface area contributed by atoms with Crippen LogP contribution in [0.2, 0.25) is 0 Å². The number of phenols is 1. The van der Waals surface area contributed by atoms with Crippen molar-refractivity contribution in [1.29, 1.82) is 0 Å². The molecule has 0 spiro atoms. The molecule has 0 saturated carbocycles. The van der Waals surface area contributed by atoms with Crippen molar-refractivity contribution in [3.05, 3.63) is 53.8 Å². The Balaban J connectivity index is 2.05. The quantitative estimate of drug-likeness (QED) is 0.903. The van der Waals surface area contributed by atoms with Gasteiger partial charge in [-0.15, -0.1) is 0 Å². The van der Waals surface area contributed by atoms with Crippen LogP contribution >= 0.6 is 0 Å². The minimum absolute atomic E-state index is 0.0726. The molecule has 2 aromatic rings. The lowest BCUT2D eigenvalue weighted by atomic mass is 10.2. The van der Waals surface area contributed by atoms with Crippen LogP contribution in [-0.2, 0) is 6.61 Å².